The van der Waals surface area contributed by atoms with E-state index in [2.05, 4.69) is 10.6 Å². The SMILES string of the molecule is O=C(Nc1ccc(NC(=O)c2cccc(O)c2[O-])cc1)c1cccc(O)c1[O-]. The standard InChI is InChI=1S/C20H16N2O6/c23-15-5-1-3-13(17(15)25)19(27)21-11-7-9-12(10-8-11)22-20(28)14-4-2-6-16(24)18(14)26/h1-10,23-26H,(H,21,27)(H,22,28)/p-2. The van der Waals surface area contributed by atoms with Crippen molar-refractivity contribution in [2.45, 2.75) is 0 Å². The Bertz CT molecular complexity index is 963. The van der Waals surface area contributed by atoms with Crippen LogP contribution in [0.5, 0.6) is 23.0 Å². The minimum Gasteiger partial charge on any atom is -0.869 e. The zero-order valence-corrected chi connectivity index (χ0v) is 14.3. The Morgan fingerprint density at radius 1 is 0.643 bits per heavy atom. The number of para-hydroxylation sites is 2. The lowest BCUT2D eigenvalue weighted by Crippen LogP contribution is -2.15. The van der Waals surface area contributed by atoms with E-state index < -0.39 is 34.8 Å². The molecular formula is C20H14N2O6-2. The van der Waals surface area contributed by atoms with Crippen molar-refractivity contribution >= 4 is 23.2 Å². The van der Waals surface area contributed by atoms with Crippen LogP contribution in [0.25, 0.3) is 0 Å². The Morgan fingerprint density at radius 3 is 1.36 bits per heavy atom. The topological polar surface area (TPSA) is 145 Å². The summed E-state index contributed by atoms with van der Waals surface area (Å²) in [6.07, 6.45) is 0. The molecule has 3 aromatic rings. The average Bonchev–Trinajstić information content (AvgIpc) is 2.67. The van der Waals surface area contributed by atoms with Crippen molar-refractivity contribution in [2.75, 3.05) is 10.6 Å². The Kier molecular flexibility index (Phi) is 5.03. The molecular weight excluding hydrogens is 364 g/mol. The molecule has 0 heterocycles. The maximum atomic E-state index is 12.2. The van der Waals surface area contributed by atoms with E-state index in [0.717, 1.165) is 0 Å². The number of rotatable bonds is 4. The first-order valence-electron chi connectivity index (χ1n) is 8.07. The molecule has 0 fully saturated rings. The van der Waals surface area contributed by atoms with Crippen LogP contribution in [0.4, 0.5) is 11.4 Å². The lowest BCUT2D eigenvalue weighted by atomic mass is 10.1. The molecule has 0 unspecified atom stereocenters. The van der Waals surface area contributed by atoms with Crippen molar-refractivity contribution in [3.8, 4) is 23.0 Å². The van der Waals surface area contributed by atoms with Gasteiger partial charge in [0.2, 0.25) is 0 Å². The molecule has 3 aromatic carbocycles. The third-order valence-corrected chi connectivity index (χ3v) is 3.88. The summed E-state index contributed by atoms with van der Waals surface area (Å²) < 4.78 is 0. The molecule has 0 aliphatic heterocycles. The Hall–Kier alpha value is -4.20. The zero-order valence-electron chi connectivity index (χ0n) is 14.3. The molecule has 0 bridgehead atoms. The van der Waals surface area contributed by atoms with Crippen LogP contribution in [0, 0.1) is 0 Å². The molecule has 0 spiro atoms. The number of hydrogen-bond acceptors (Lipinski definition) is 6. The first-order chi connectivity index (χ1) is 13.4. The van der Waals surface area contributed by atoms with Gasteiger partial charge >= 0.3 is 0 Å². The molecule has 142 valence electrons. The van der Waals surface area contributed by atoms with E-state index in [1.807, 2.05) is 0 Å². The number of carbonyl (C=O) groups excluding carboxylic acids is 2. The van der Waals surface area contributed by atoms with E-state index in [1.165, 1.54) is 60.7 Å². The molecule has 28 heavy (non-hydrogen) atoms. The molecule has 0 aliphatic carbocycles. The molecule has 0 saturated heterocycles. The largest absolute Gasteiger partial charge is 0.869 e. The van der Waals surface area contributed by atoms with Crippen LogP contribution < -0.4 is 20.8 Å². The molecule has 8 nitrogen and oxygen atoms in total. The van der Waals surface area contributed by atoms with Gasteiger partial charge in [-0.25, -0.2) is 0 Å². The molecule has 0 aliphatic rings. The van der Waals surface area contributed by atoms with Gasteiger partial charge < -0.3 is 31.1 Å². The molecule has 4 N–H and O–H groups in total. The summed E-state index contributed by atoms with van der Waals surface area (Å²) in [4.78, 5) is 24.3. The maximum absolute atomic E-state index is 12.2. The number of benzene rings is 3. The van der Waals surface area contributed by atoms with Gasteiger partial charge in [0.1, 0.15) is 11.5 Å². The smallest absolute Gasteiger partial charge is 0.255 e. The summed E-state index contributed by atoms with van der Waals surface area (Å²) >= 11 is 0. The van der Waals surface area contributed by atoms with Crippen LogP contribution in [0.3, 0.4) is 0 Å². The van der Waals surface area contributed by atoms with Crippen LogP contribution in [0.15, 0.2) is 60.7 Å². The summed E-state index contributed by atoms with van der Waals surface area (Å²) in [5.41, 5.74) is 0.300. The third-order valence-electron chi connectivity index (χ3n) is 3.88. The fourth-order valence-corrected chi connectivity index (χ4v) is 2.44. The molecule has 0 atom stereocenters. The van der Waals surface area contributed by atoms with Gasteiger partial charge in [-0.05, 0) is 48.5 Å². The second-order valence-corrected chi connectivity index (χ2v) is 5.79. The Labute approximate surface area is 159 Å². The third kappa shape index (κ3) is 3.80. The summed E-state index contributed by atoms with van der Waals surface area (Å²) in [5.74, 6) is -3.96. The quantitative estimate of drug-likeness (QED) is 0.544. The highest BCUT2D eigenvalue weighted by atomic mass is 16.3. The van der Waals surface area contributed by atoms with E-state index in [-0.39, 0.29) is 11.1 Å². The molecule has 0 radical (unpaired) electrons. The number of anilines is 2. The van der Waals surface area contributed by atoms with E-state index in [4.69, 9.17) is 0 Å². The predicted molar refractivity (Wildman–Crippen MR) is 97.5 cm³/mol. The van der Waals surface area contributed by atoms with Crippen molar-refractivity contribution in [1.29, 1.82) is 0 Å². The van der Waals surface area contributed by atoms with Gasteiger partial charge in [0, 0.05) is 22.5 Å². The van der Waals surface area contributed by atoms with E-state index >= 15 is 0 Å². The lowest BCUT2D eigenvalue weighted by molar-refractivity contribution is -0.271. The normalized spacial score (nSPS) is 10.3. The minimum absolute atomic E-state index is 0.204. The van der Waals surface area contributed by atoms with Crippen LogP contribution >= 0.6 is 0 Å². The first-order valence-corrected chi connectivity index (χ1v) is 8.07. The number of amides is 2. The van der Waals surface area contributed by atoms with Crippen LogP contribution in [-0.2, 0) is 0 Å². The maximum Gasteiger partial charge on any atom is 0.255 e. The van der Waals surface area contributed by atoms with Crippen LogP contribution in [0.1, 0.15) is 20.7 Å². The van der Waals surface area contributed by atoms with Crippen molar-refractivity contribution in [3.05, 3.63) is 71.8 Å². The Morgan fingerprint density at radius 2 is 1.00 bits per heavy atom. The van der Waals surface area contributed by atoms with Gasteiger partial charge in [-0.3, -0.25) is 9.59 Å². The Balaban J connectivity index is 1.70. The van der Waals surface area contributed by atoms with Gasteiger partial charge in [0.15, 0.2) is 0 Å². The van der Waals surface area contributed by atoms with Gasteiger partial charge in [-0.1, -0.05) is 23.6 Å². The lowest BCUT2D eigenvalue weighted by Gasteiger charge is -2.15. The number of phenols is 2. The van der Waals surface area contributed by atoms with Gasteiger partial charge in [-0.15, -0.1) is 0 Å². The number of phenolic OH excluding ortho intramolecular Hbond substituents is 2. The summed E-state index contributed by atoms with van der Waals surface area (Å²) in [6.45, 7) is 0. The van der Waals surface area contributed by atoms with Crippen molar-refractivity contribution in [1.82, 2.24) is 0 Å². The minimum atomic E-state index is -0.775. The number of nitrogens with one attached hydrogen (secondary N) is 2. The molecule has 0 aromatic heterocycles. The van der Waals surface area contributed by atoms with Gasteiger partial charge in [0.25, 0.3) is 11.8 Å². The fourth-order valence-electron chi connectivity index (χ4n) is 2.44. The van der Waals surface area contributed by atoms with Gasteiger partial charge in [0.05, 0.1) is 0 Å². The number of hydrogen-bond donors (Lipinski definition) is 4. The highest BCUT2D eigenvalue weighted by Gasteiger charge is 2.11. The number of carbonyl (C=O) groups is 2. The summed E-state index contributed by atoms with van der Waals surface area (Å²) in [6, 6.07) is 13.7. The zero-order chi connectivity index (χ0) is 20.3. The van der Waals surface area contributed by atoms with Crippen LogP contribution in [0.2, 0.25) is 0 Å². The van der Waals surface area contributed by atoms with Crippen molar-refractivity contribution < 1.29 is 30.0 Å². The second-order valence-electron chi connectivity index (χ2n) is 5.79. The molecule has 3 rings (SSSR count). The van der Waals surface area contributed by atoms with E-state index in [1.54, 1.807) is 0 Å². The highest BCUT2D eigenvalue weighted by molar-refractivity contribution is 6.08. The van der Waals surface area contributed by atoms with E-state index in [0.29, 0.717) is 11.4 Å². The molecule has 2 amide bonds. The molecule has 8 heteroatoms. The van der Waals surface area contributed by atoms with Crippen LogP contribution in [-0.4, -0.2) is 22.0 Å². The average molecular weight is 378 g/mol. The first kappa shape index (κ1) is 18.6. The van der Waals surface area contributed by atoms with E-state index in [9.17, 15) is 30.0 Å². The predicted octanol–water partition coefficient (Wildman–Crippen LogP) is 1.75. The monoisotopic (exact) mass is 378 g/mol. The van der Waals surface area contributed by atoms with Crippen molar-refractivity contribution in [2.24, 2.45) is 0 Å². The second kappa shape index (κ2) is 7.58. The fraction of sp³-hybridized carbons (Fsp3) is 0. The summed E-state index contributed by atoms with van der Waals surface area (Å²) in [5, 5.41) is 47.3. The van der Waals surface area contributed by atoms with Crippen molar-refractivity contribution in [3.63, 3.8) is 0 Å². The summed E-state index contributed by atoms with van der Waals surface area (Å²) in [7, 11) is 0. The van der Waals surface area contributed by atoms with Gasteiger partial charge in [-0.2, -0.15) is 0 Å². The highest BCUT2D eigenvalue weighted by Crippen LogP contribution is 2.27. The number of aromatic hydroxyl groups is 2. The molecule has 0 saturated carbocycles.